The number of ether oxygens (including phenoxy) is 2. The normalized spacial score (nSPS) is 11.4. The summed E-state index contributed by atoms with van der Waals surface area (Å²) in [6, 6.07) is 10.2. The molecule has 0 fully saturated rings. The predicted molar refractivity (Wildman–Crippen MR) is 112 cm³/mol. The van der Waals surface area contributed by atoms with Crippen molar-refractivity contribution in [3.05, 3.63) is 71.8 Å². The zero-order chi connectivity index (χ0) is 23.6. The molecule has 0 unspecified atom stereocenters. The topological polar surface area (TPSA) is 90.6 Å². The van der Waals surface area contributed by atoms with Crippen molar-refractivity contribution < 1.29 is 27.4 Å². The van der Waals surface area contributed by atoms with Crippen LogP contribution in [0.2, 0.25) is 0 Å². The number of aromatic nitrogens is 4. The van der Waals surface area contributed by atoms with Crippen molar-refractivity contribution in [2.24, 2.45) is 0 Å². The molecule has 0 aliphatic rings. The van der Waals surface area contributed by atoms with Gasteiger partial charge in [-0.3, -0.25) is 9.78 Å². The summed E-state index contributed by atoms with van der Waals surface area (Å²) >= 11 is 0. The summed E-state index contributed by atoms with van der Waals surface area (Å²) < 4.78 is 52.5. The number of pyridine rings is 1. The van der Waals surface area contributed by atoms with Crippen LogP contribution in [0.15, 0.2) is 54.9 Å². The Labute approximate surface area is 186 Å². The lowest BCUT2D eigenvalue weighted by molar-refractivity contribution is -0.142. The maximum Gasteiger partial charge on any atom is 0.433 e. The van der Waals surface area contributed by atoms with Crippen LogP contribution in [-0.4, -0.2) is 39.7 Å². The highest BCUT2D eigenvalue weighted by molar-refractivity contribution is 5.93. The van der Waals surface area contributed by atoms with Crippen LogP contribution >= 0.6 is 0 Å². The average Bonchev–Trinajstić information content (AvgIpc) is 3.25. The summed E-state index contributed by atoms with van der Waals surface area (Å²) in [4.78, 5) is 20.7. The van der Waals surface area contributed by atoms with Gasteiger partial charge in [-0.2, -0.15) is 18.3 Å². The van der Waals surface area contributed by atoms with E-state index in [1.54, 1.807) is 36.7 Å². The lowest BCUT2D eigenvalue weighted by Gasteiger charge is -2.12. The number of methoxy groups -OCH3 is 2. The Hall–Kier alpha value is -4.15. The van der Waals surface area contributed by atoms with Gasteiger partial charge in [0, 0.05) is 30.6 Å². The number of fused-ring (bicyclic) bond motifs is 1. The van der Waals surface area contributed by atoms with Crippen molar-refractivity contribution in [3.63, 3.8) is 0 Å². The molecule has 0 aliphatic carbocycles. The van der Waals surface area contributed by atoms with Crippen LogP contribution in [-0.2, 0) is 12.7 Å². The Morgan fingerprint density at radius 3 is 2.55 bits per heavy atom. The van der Waals surface area contributed by atoms with Crippen molar-refractivity contribution in [2.45, 2.75) is 12.7 Å². The van der Waals surface area contributed by atoms with Crippen LogP contribution in [0, 0.1) is 0 Å². The summed E-state index contributed by atoms with van der Waals surface area (Å²) in [6.45, 7) is 0.150. The van der Waals surface area contributed by atoms with Crippen molar-refractivity contribution in [1.82, 2.24) is 24.9 Å². The van der Waals surface area contributed by atoms with E-state index >= 15 is 0 Å². The van der Waals surface area contributed by atoms with Crippen LogP contribution in [0.1, 0.15) is 21.7 Å². The van der Waals surface area contributed by atoms with Gasteiger partial charge >= 0.3 is 6.18 Å². The molecule has 1 N–H and O–H groups in total. The molecule has 0 radical (unpaired) electrons. The molecule has 0 atom stereocenters. The monoisotopic (exact) mass is 457 g/mol. The Balaban J connectivity index is 1.73. The van der Waals surface area contributed by atoms with Crippen molar-refractivity contribution in [3.8, 4) is 22.8 Å². The first-order valence-electron chi connectivity index (χ1n) is 9.67. The van der Waals surface area contributed by atoms with Crippen molar-refractivity contribution in [1.29, 1.82) is 0 Å². The summed E-state index contributed by atoms with van der Waals surface area (Å²) in [5.74, 6) is 0.134. The number of hydrogen-bond acceptors (Lipinski definition) is 6. The SMILES string of the molecule is COc1ccc(-c2cc(C(F)(F)F)n3nc(C(=O)NCc4cccnc4)cc3n2)cc1OC. The second-order valence-electron chi connectivity index (χ2n) is 6.94. The van der Waals surface area contributed by atoms with Gasteiger partial charge in [-0.1, -0.05) is 6.07 Å². The molecule has 170 valence electrons. The number of carbonyl (C=O) groups is 1. The van der Waals surface area contributed by atoms with Gasteiger partial charge < -0.3 is 14.8 Å². The molecule has 0 aliphatic heterocycles. The number of benzene rings is 1. The Morgan fingerprint density at radius 1 is 1.09 bits per heavy atom. The quantitative estimate of drug-likeness (QED) is 0.474. The predicted octanol–water partition coefficient (Wildman–Crippen LogP) is 3.76. The molecular weight excluding hydrogens is 439 g/mol. The fourth-order valence-corrected chi connectivity index (χ4v) is 3.21. The van der Waals surface area contributed by atoms with Crippen LogP contribution in [0.4, 0.5) is 13.2 Å². The van der Waals surface area contributed by atoms with E-state index in [0.717, 1.165) is 11.6 Å². The molecule has 1 aromatic carbocycles. The zero-order valence-corrected chi connectivity index (χ0v) is 17.6. The summed E-state index contributed by atoms with van der Waals surface area (Å²) in [6.07, 6.45) is -1.57. The zero-order valence-electron chi connectivity index (χ0n) is 17.6. The molecule has 3 heterocycles. The summed E-state index contributed by atoms with van der Waals surface area (Å²) in [5, 5.41) is 6.46. The van der Waals surface area contributed by atoms with Gasteiger partial charge in [0.1, 0.15) is 0 Å². The molecule has 3 aromatic heterocycles. The minimum atomic E-state index is -4.73. The molecule has 0 saturated carbocycles. The fraction of sp³-hybridized carbons (Fsp3) is 0.182. The van der Waals surface area contributed by atoms with Gasteiger partial charge in [0.15, 0.2) is 28.5 Å². The van der Waals surface area contributed by atoms with Gasteiger partial charge in [-0.05, 0) is 35.9 Å². The van der Waals surface area contributed by atoms with Gasteiger partial charge in [0.05, 0.1) is 19.9 Å². The minimum Gasteiger partial charge on any atom is -0.493 e. The molecule has 11 heteroatoms. The molecule has 4 rings (SSSR count). The molecule has 0 saturated heterocycles. The van der Waals surface area contributed by atoms with Gasteiger partial charge in [0.2, 0.25) is 0 Å². The third-order valence-corrected chi connectivity index (χ3v) is 4.81. The summed E-state index contributed by atoms with van der Waals surface area (Å²) in [5.41, 5.74) is -0.229. The van der Waals surface area contributed by atoms with E-state index in [1.807, 2.05) is 0 Å². The molecule has 1 amide bonds. The average molecular weight is 457 g/mol. The van der Waals surface area contributed by atoms with E-state index < -0.39 is 17.8 Å². The summed E-state index contributed by atoms with van der Waals surface area (Å²) in [7, 11) is 2.88. The van der Waals surface area contributed by atoms with E-state index in [-0.39, 0.29) is 23.6 Å². The highest BCUT2D eigenvalue weighted by Gasteiger charge is 2.35. The smallest absolute Gasteiger partial charge is 0.433 e. The van der Waals surface area contributed by atoms with Crippen LogP contribution < -0.4 is 14.8 Å². The minimum absolute atomic E-state index is 0.0398. The molecule has 0 bridgehead atoms. The maximum absolute atomic E-state index is 13.8. The van der Waals surface area contributed by atoms with E-state index in [1.165, 1.54) is 26.4 Å². The first-order valence-corrected chi connectivity index (χ1v) is 9.67. The second-order valence-corrected chi connectivity index (χ2v) is 6.94. The number of carbonyl (C=O) groups excluding carboxylic acids is 1. The van der Waals surface area contributed by atoms with E-state index in [2.05, 4.69) is 20.4 Å². The maximum atomic E-state index is 13.8. The third kappa shape index (κ3) is 4.56. The number of nitrogens with zero attached hydrogens (tertiary/aromatic N) is 4. The standard InChI is InChI=1S/C22H18F3N5O3/c1-32-17-6-5-14(8-18(17)33-2)15-9-19(22(23,24)25)30-20(28-15)10-16(29-30)21(31)27-12-13-4-3-7-26-11-13/h3-11H,12H2,1-2H3,(H,27,31). The number of halogens is 3. The number of rotatable bonds is 6. The molecular formula is C22H18F3N5O3. The molecule has 0 spiro atoms. The largest absolute Gasteiger partial charge is 0.493 e. The molecule has 4 aromatic rings. The van der Waals surface area contributed by atoms with E-state index in [9.17, 15) is 18.0 Å². The number of amides is 1. The van der Waals surface area contributed by atoms with Crippen LogP contribution in [0.25, 0.3) is 16.9 Å². The van der Waals surface area contributed by atoms with E-state index in [4.69, 9.17) is 9.47 Å². The Morgan fingerprint density at radius 2 is 1.88 bits per heavy atom. The van der Waals surface area contributed by atoms with Gasteiger partial charge in [-0.25, -0.2) is 9.50 Å². The lowest BCUT2D eigenvalue weighted by Crippen LogP contribution is -2.23. The van der Waals surface area contributed by atoms with Crippen molar-refractivity contribution >= 4 is 11.6 Å². The number of nitrogens with one attached hydrogen (secondary N) is 1. The molecule has 33 heavy (non-hydrogen) atoms. The number of hydrogen-bond donors (Lipinski definition) is 1. The fourth-order valence-electron chi connectivity index (χ4n) is 3.21. The van der Waals surface area contributed by atoms with Gasteiger partial charge in [-0.15, -0.1) is 0 Å². The molecule has 8 nitrogen and oxygen atoms in total. The lowest BCUT2D eigenvalue weighted by atomic mass is 10.1. The number of alkyl halides is 3. The first-order chi connectivity index (χ1) is 15.8. The highest BCUT2D eigenvalue weighted by atomic mass is 19.4. The highest BCUT2D eigenvalue weighted by Crippen LogP contribution is 2.35. The van der Waals surface area contributed by atoms with Crippen molar-refractivity contribution in [2.75, 3.05) is 14.2 Å². The van der Waals surface area contributed by atoms with E-state index in [0.29, 0.717) is 21.6 Å². The Kier molecular flexibility index (Phi) is 5.86. The third-order valence-electron chi connectivity index (χ3n) is 4.81. The second kappa shape index (κ2) is 8.77. The first kappa shape index (κ1) is 22.1. The van der Waals surface area contributed by atoms with Crippen LogP contribution in [0.3, 0.4) is 0 Å². The van der Waals surface area contributed by atoms with Crippen LogP contribution in [0.5, 0.6) is 11.5 Å². The van der Waals surface area contributed by atoms with Gasteiger partial charge in [0.25, 0.3) is 5.91 Å². The Bertz CT molecular complexity index is 1310.